The topological polar surface area (TPSA) is 55.4 Å². The van der Waals surface area contributed by atoms with Crippen molar-refractivity contribution in [3.63, 3.8) is 0 Å². The van der Waals surface area contributed by atoms with Crippen molar-refractivity contribution in [1.29, 1.82) is 0 Å². The Labute approximate surface area is 240 Å². The highest BCUT2D eigenvalue weighted by molar-refractivity contribution is 7.80. The summed E-state index contributed by atoms with van der Waals surface area (Å²) in [5, 5.41) is 0. The van der Waals surface area contributed by atoms with Gasteiger partial charge in [-0.1, -0.05) is 103 Å². The van der Waals surface area contributed by atoms with Crippen molar-refractivity contribution in [1.82, 2.24) is 0 Å². The van der Waals surface area contributed by atoms with Crippen LogP contribution in [0.5, 0.6) is 0 Å². The van der Waals surface area contributed by atoms with Gasteiger partial charge in [-0.2, -0.15) is 0 Å². The molecule has 0 aromatic heterocycles. The van der Waals surface area contributed by atoms with Gasteiger partial charge >= 0.3 is 0 Å². The van der Waals surface area contributed by atoms with Gasteiger partial charge in [-0.05, 0) is 29.4 Å². The molecule has 0 bridgehead atoms. The minimum atomic E-state index is -0.742. The van der Waals surface area contributed by atoms with Crippen LogP contribution >= 0.6 is 12.2 Å². The summed E-state index contributed by atoms with van der Waals surface area (Å²) in [6, 6.07) is 30.0. The average molecular weight is 557 g/mol. The summed E-state index contributed by atoms with van der Waals surface area (Å²) < 4.78 is 38.8. The van der Waals surface area contributed by atoms with Gasteiger partial charge in [0.05, 0.1) is 19.8 Å². The molecule has 3 aromatic rings. The van der Waals surface area contributed by atoms with Gasteiger partial charge in [0.15, 0.2) is 6.29 Å². The van der Waals surface area contributed by atoms with Crippen LogP contribution in [0.2, 0.25) is 0 Å². The van der Waals surface area contributed by atoms with Crippen molar-refractivity contribution in [3.05, 3.63) is 132 Å². The molecule has 6 rings (SSSR count). The van der Waals surface area contributed by atoms with E-state index in [0.29, 0.717) is 32.0 Å². The lowest BCUT2D eigenvalue weighted by Gasteiger charge is -2.49. The Hall–Kier alpha value is -3.17. The molecule has 40 heavy (non-hydrogen) atoms. The molecule has 2 heterocycles. The second-order valence-corrected chi connectivity index (χ2v) is 10.5. The van der Waals surface area contributed by atoms with Crippen LogP contribution in [0.25, 0.3) is 0 Å². The maximum Gasteiger partial charge on any atom is 0.229 e. The first-order valence-corrected chi connectivity index (χ1v) is 14.0. The van der Waals surface area contributed by atoms with Crippen molar-refractivity contribution in [2.45, 2.75) is 56.6 Å². The molecule has 1 unspecified atom stereocenters. The monoisotopic (exact) mass is 556 g/mol. The van der Waals surface area contributed by atoms with E-state index in [4.69, 9.17) is 40.6 Å². The van der Waals surface area contributed by atoms with E-state index in [1.165, 1.54) is 0 Å². The van der Waals surface area contributed by atoms with E-state index in [9.17, 15) is 0 Å². The maximum atomic E-state index is 6.64. The molecule has 206 valence electrons. The van der Waals surface area contributed by atoms with Gasteiger partial charge < -0.3 is 28.4 Å². The van der Waals surface area contributed by atoms with Gasteiger partial charge in [0.1, 0.15) is 30.2 Å². The van der Waals surface area contributed by atoms with Crippen molar-refractivity contribution >= 4 is 17.1 Å². The summed E-state index contributed by atoms with van der Waals surface area (Å²) >= 11 is 5.31. The predicted octanol–water partition coefficient (Wildman–Crippen LogP) is 6.23. The Bertz CT molecular complexity index is 1310. The van der Waals surface area contributed by atoms with E-state index in [2.05, 4.69) is 0 Å². The van der Waals surface area contributed by atoms with Crippen molar-refractivity contribution in [3.8, 4) is 0 Å². The standard InChI is InChI=1S/C33H32O6S/c40-27-18-16-26(17-19-27)37-33-31(35-21-24-12-6-2-7-13-24)30(34-20-23-10-4-1-5-11-23)29-28(38-33)22-36-32(39-29)25-14-8-3-9-15-25/h1-18,28-33H,19-22H2/t28-,29-,30+,31-,32?,33-/m1/s1. The zero-order chi connectivity index (χ0) is 27.1. The Kier molecular flexibility index (Phi) is 8.78. The Morgan fingerprint density at radius 2 is 1.35 bits per heavy atom. The van der Waals surface area contributed by atoms with E-state index >= 15 is 0 Å². The van der Waals surface area contributed by atoms with Gasteiger partial charge in [-0.25, -0.2) is 0 Å². The lowest BCUT2D eigenvalue weighted by Crippen LogP contribution is -2.63. The molecular formula is C33H32O6S. The molecule has 3 aliphatic rings. The molecule has 0 amide bonds. The van der Waals surface area contributed by atoms with Gasteiger partial charge in [0.2, 0.25) is 6.29 Å². The molecule has 1 aliphatic carbocycles. The zero-order valence-corrected chi connectivity index (χ0v) is 22.9. The van der Waals surface area contributed by atoms with E-state index in [-0.39, 0.29) is 0 Å². The fourth-order valence-corrected chi connectivity index (χ4v) is 5.21. The number of ether oxygens (including phenoxy) is 6. The van der Waals surface area contributed by atoms with Crippen LogP contribution in [0.15, 0.2) is 115 Å². The first-order chi connectivity index (χ1) is 19.7. The second-order valence-electron chi connectivity index (χ2n) is 9.97. The first-order valence-electron chi connectivity index (χ1n) is 13.6. The molecule has 3 aromatic carbocycles. The largest absolute Gasteiger partial charge is 0.462 e. The quantitative estimate of drug-likeness (QED) is 0.290. The molecule has 0 spiro atoms. The van der Waals surface area contributed by atoms with E-state index in [0.717, 1.165) is 21.6 Å². The fraction of sp³-hybridized carbons (Fsp3) is 0.303. The fourth-order valence-electron chi connectivity index (χ4n) is 5.05. The highest BCUT2D eigenvalue weighted by atomic mass is 32.1. The minimum absolute atomic E-state index is 0.333. The summed E-state index contributed by atoms with van der Waals surface area (Å²) in [4.78, 5) is 0.860. The smallest absolute Gasteiger partial charge is 0.229 e. The third kappa shape index (κ3) is 6.58. The summed E-state index contributed by atoms with van der Waals surface area (Å²) in [5.74, 6) is 0.687. The van der Waals surface area contributed by atoms with Crippen molar-refractivity contribution < 1.29 is 28.4 Å². The SMILES string of the molecule is S=C1C=CC(O[C@@H]2O[C@@H]3COC(c4ccccc4)O[C@H]3[C@H](OCc3ccccc3)[C@H]2OCc2ccccc2)=CC1. The van der Waals surface area contributed by atoms with Crippen LogP contribution in [-0.2, 0) is 41.6 Å². The molecule has 7 heteroatoms. The van der Waals surface area contributed by atoms with Gasteiger partial charge in [0.25, 0.3) is 0 Å². The van der Waals surface area contributed by atoms with E-state index < -0.39 is 37.0 Å². The number of allylic oxidation sites excluding steroid dienone is 3. The minimum Gasteiger partial charge on any atom is -0.462 e. The van der Waals surface area contributed by atoms with Crippen LogP contribution in [0.4, 0.5) is 0 Å². The number of thiocarbonyl (C=S) groups is 1. The van der Waals surface area contributed by atoms with E-state index in [1.807, 2.05) is 109 Å². The second kappa shape index (κ2) is 13.0. The Morgan fingerprint density at radius 3 is 1.98 bits per heavy atom. The molecule has 0 saturated carbocycles. The van der Waals surface area contributed by atoms with Gasteiger partial charge in [0, 0.05) is 16.8 Å². The molecular weight excluding hydrogens is 524 g/mol. The third-order valence-electron chi connectivity index (χ3n) is 7.12. The summed E-state index contributed by atoms with van der Waals surface area (Å²) in [7, 11) is 0. The average Bonchev–Trinajstić information content (AvgIpc) is 3.01. The molecule has 0 radical (unpaired) electrons. The molecule has 0 N–H and O–H groups in total. The third-order valence-corrected chi connectivity index (χ3v) is 7.42. The lowest BCUT2D eigenvalue weighted by atomic mass is 9.97. The van der Waals surface area contributed by atoms with Crippen LogP contribution < -0.4 is 0 Å². The molecule has 2 aliphatic heterocycles. The van der Waals surface area contributed by atoms with Crippen molar-refractivity contribution in [2.75, 3.05) is 6.61 Å². The summed E-state index contributed by atoms with van der Waals surface area (Å²) in [6.07, 6.45) is 3.17. The van der Waals surface area contributed by atoms with Crippen LogP contribution in [0, 0.1) is 0 Å². The maximum absolute atomic E-state index is 6.64. The number of benzene rings is 3. The van der Waals surface area contributed by atoms with Crippen molar-refractivity contribution in [2.24, 2.45) is 0 Å². The number of fused-ring (bicyclic) bond motifs is 1. The highest BCUT2D eigenvalue weighted by Crippen LogP contribution is 2.38. The lowest BCUT2D eigenvalue weighted by molar-refractivity contribution is -0.367. The Morgan fingerprint density at radius 1 is 0.725 bits per heavy atom. The molecule has 2 fully saturated rings. The Balaban J connectivity index is 1.29. The molecule has 6 nitrogen and oxygen atoms in total. The normalized spacial score (nSPS) is 28.0. The van der Waals surface area contributed by atoms with Gasteiger partial charge in [-0.15, -0.1) is 0 Å². The van der Waals surface area contributed by atoms with Gasteiger partial charge in [-0.3, -0.25) is 0 Å². The summed E-state index contributed by atoms with van der Waals surface area (Å²) in [5.41, 5.74) is 3.04. The molecule has 6 atom stereocenters. The van der Waals surface area contributed by atoms with E-state index in [1.54, 1.807) is 0 Å². The summed E-state index contributed by atoms with van der Waals surface area (Å²) in [6.45, 7) is 1.10. The molecule has 2 saturated heterocycles. The number of rotatable bonds is 9. The first kappa shape index (κ1) is 27.0. The van der Waals surface area contributed by atoms with Crippen LogP contribution in [0.3, 0.4) is 0 Å². The number of hydrogen-bond acceptors (Lipinski definition) is 7. The highest BCUT2D eigenvalue weighted by Gasteiger charge is 2.52. The predicted molar refractivity (Wildman–Crippen MR) is 154 cm³/mol. The number of hydrogen-bond donors (Lipinski definition) is 0. The van der Waals surface area contributed by atoms with Crippen LogP contribution in [-0.4, -0.2) is 42.2 Å². The zero-order valence-electron chi connectivity index (χ0n) is 22.0. The van der Waals surface area contributed by atoms with Crippen LogP contribution in [0.1, 0.15) is 29.4 Å².